The number of nitrogens with one attached hydrogen (secondary N) is 2. The van der Waals surface area contributed by atoms with Gasteiger partial charge in [-0.25, -0.2) is 22.7 Å². The molecule has 4 heterocycles. The summed E-state index contributed by atoms with van der Waals surface area (Å²) in [5.41, 5.74) is 1.98. The molecular formula is C46H50ClF3N7O12PS. The number of fused-ring (bicyclic) bond motifs is 1. The quantitative estimate of drug-likeness (QED) is 0.0414. The van der Waals surface area contributed by atoms with Crippen LogP contribution in [0.5, 0.6) is 11.5 Å². The summed E-state index contributed by atoms with van der Waals surface area (Å²) in [7, 11) is -9.68. The van der Waals surface area contributed by atoms with E-state index in [-0.39, 0.29) is 52.2 Å². The molecule has 2 fully saturated rings. The van der Waals surface area contributed by atoms with Crippen molar-refractivity contribution < 1.29 is 64.4 Å². The molecule has 19 nitrogen and oxygen atoms in total. The number of piperazine rings is 1. The molecule has 8 rings (SSSR count). The van der Waals surface area contributed by atoms with E-state index in [4.69, 9.17) is 30.3 Å². The average molecular weight is 1050 g/mol. The van der Waals surface area contributed by atoms with Crippen LogP contribution in [0.2, 0.25) is 5.02 Å². The second kappa shape index (κ2) is 20.8. The summed E-state index contributed by atoms with van der Waals surface area (Å²) in [5, 5.41) is 15.1. The summed E-state index contributed by atoms with van der Waals surface area (Å²) in [6.07, 6.45) is 0.132. The van der Waals surface area contributed by atoms with Crippen molar-refractivity contribution >= 4 is 58.0 Å². The highest BCUT2D eigenvalue weighted by Gasteiger charge is 2.34. The summed E-state index contributed by atoms with van der Waals surface area (Å²) in [4.78, 5) is 52.2. The van der Waals surface area contributed by atoms with Crippen LogP contribution in [0.1, 0.15) is 54.6 Å². The molecule has 0 spiro atoms. The zero-order valence-corrected chi connectivity index (χ0v) is 40.8. The van der Waals surface area contributed by atoms with Crippen LogP contribution in [0.25, 0.3) is 17.0 Å². The van der Waals surface area contributed by atoms with Gasteiger partial charge >= 0.3 is 14.0 Å². The van der Waals surface area contributed by atoms with Crippen molar-refractivity contribution in [1.82, 2.24) is 19.2 Å². The summed E-state index contributed by atoms with van der Waals surface area (Å²) >= 11 is 6.53. The molecule has 1 aliphatic carbocycles. The number of nitro benzene ring substituents is 1. The molecule has 1 unspecified atom stereocenters. The largest absolute Gasteiger partial charge is 0.471 e. The van der Waals surface area contributed by atoms with Gasteiger partial charge in [-0.3, -0.25) is 24.3 Å². The number of hydrogen-bond acceptors (Lipinski definition) is 14. The molecule has 0 radical (unpaired) electrons. The Kier molecular flexibility index (Phi) is 15.2. The summed E-state index contributed by atoms with van der Waals surface area (Å²) in [6, 6.07) is 14.3. The fraction of sp³-hybridized carbons (Fsp3) is 0.391. The number of ether oxygens (including phenoxy) is 3. The predicted molar refractivity (Wildman–Crippen MR) is 255 cm³/mol. The Morgan fingerprint density at radius 2 is 1.83 bits per heavy atom. The third-order valence-corrected chi connectivity index (χ3v) is 14.5. The Morgan fingerprint density at radius 3 is 2.52 bits per heavy atom. The minimum absolute atomic E-state index is 0.0184. The fourth-order valence-electron chi connectivity index (χ4n) is 8.75. The number of anilines is 2. The lowest BCUT2D eigenvalue weighted by molar-refractivity contribution is -0.384. The van der Waals surface area contributed by atoms with Crippen molar-refractivity contribution in [3.8, 4) is 22.9 Å². The molecule has 380 valence electrons. The van der Waals surface area contributed by atoms with Gasteiger partial charge in [0.2, 0.25) is 0 Å². The van der Waals surface area contributed by atoms with Crippen molar-refractivity contribution in [1.29, 1.82) is 0 Å². The third-order valence-electron chi connectivity index (χ3n) is 12.4. The number of allylic oxidation sites excluding steroid dienone is 1. The molecule has 1 amide bonds. The van der Waals surface area contributed by atoms with E-state index in [0.717, 1.165) is 48.3 Å². The predicted octanol–water partition coefficient (Wildman–Crippen LogP) is 8.16. The van der Waals surface area contributed by atoms with E-state index in [0.29, 0.717) is 69.2 Å². The van der Waals surface area contributed by atoms with E-state index in [2.05, 4.69) is 29.0 Å². The molecule has 4 N–H and O–H groups in total. The Morgan fingerprint density at radius 1 is 1.06 bits per heavy atom. The maximum Gasteiger partial charge on any atom is 0.471 e. The number of carbonyl (C=O) groups excluding carboxylic acids is 1. The monoisotopic (exact) mass is 1050 g/mol. The highest BCUT2D eigenvalue weighted by molar-refractivity contribution is 7.90. The Hall–Kier alpha value is -5.62. The molecule has 1 atom stereocenters. The molecule has 0 aromatic heterocycles. The highest BCUT2D eigenvalue weighted by atomic mass is 35.5. The van der Waals surface area contributed by atoms with Gasteiger partial charge < -0.3 is 38.8 Å². The Bertz CT molecular complexity index is 2970. The van der Waals surface area contributed by atoms with Crippen LogP contribution in [0.15, 0.2) is 89.6 Å². The van der Waals surface area contributed by atoms with Crippen LogP contribution in [-0.4, -0.2) is 109 Å². The number of pyridine rings is 1. The normalized spacial score (nSPS) is 18.1. The number of rotatable bonds is 16. The van der Waals surface area contributed by atoms with Gasteiger partial charge in [0, 0.05) is 73.9 Å². The lowest BCUT2D eigenvalue weighted by Crippen LogP contribution is -2.47. The zero-order chi connectivity index (χ0) is 50.9. The molecule has 3 aromatic rings. The number of halogens is 4. The first kappa shape index (κ1) is 51.7. The van der Waals surface area contributed by atoms with Crippen LogP contribution in [0, 0.1) is 15.5 Å². The molecule has 0 saturated carbocycles. The van der Waals surface area contributed by atoms with E-state index in [1.807, 2.05) is 9.62 Å². The minimum Gasteiger partial charge on any atom is -0.455 e. The zero-order valence-electron chi connectivity index (χ0n) is 38.4. The number of phosphoric acid groups is 1. The molecule has 5 aliphatic rings. The first-order valence-electron chi connectivity index (χ1n) is 22.3. The van der Waals surface area contributed by atoms with Gasteiger partial charge in [0.15, 0.2) is 0 Å². The number of nitrogens with zero attached hydrogens (tertiary/aromatic N) is 5. The second-order valence-electron chi connectivity index (χ2n) is 18.1. The molecule has 2 saturated heterocycles. The molecule has 0 bridgehead atoms. The number of hydrogen-bond donors (Lipinski definition) is 4. The number of carbonyl (C=O) groups is 1. The second-order valence-corrected chi connectivity index (χ2v) is 21.4. The number of amides is 1. The number of phosphoric ester groups is 1. The van der Waals surface area contributed by atoms with E-state index in [1.54, 1.807) is 24.3 Å². The number of alkyl halides is 3. The molecular weight excluding hydrogens is 998 g/mol. The first-order chi connectivity index (χ1) is 33.5. The van der Waals surface area contributed by atoms with Gasteiger partial charge in [-0.2, -0.15) is 13.2 Å². The number of sulfonamides is 1. The SMILES string of the molecule is CC1(C)CCC(CN2CCN(c3ccc(C(=O)NS(=O)(=O)c4ccc(NCC5COCCO5)c([N+](=O)[O-])c4)c(Oc4cc5ccnc-5n(COP(=O)(O)O)c4)c3)CC2)=C(c2ccc(C(F)(F)F)cc2Cl)C1. The van der Waals surface area contributed by atoms with Gasteiger partial charge in [0.25, 0.3) is 21.6 Å². The Balaban J connectivity index is 1.05. The molecule has 25 heteroatoms. The van der Waals surface area contributed by atoms with Crippen molar-refractivity contribution in [3.63, 3.8) is 0 Å². The molecule has 4 aliphatic heterocycles. The third kappa shape index (κ3) is 12.7. The van der Waals surface area contributed by atoms with Crippen LogP contribution in [-0.2, 0) is 41.5 Å². The average Bonchev–Trinajstić information content (AvgIpc) is 3.79. The molecule has 71 heavy (non-hydrogen) atoms. The lowest BCUT2D eigenvalue weighted by atomic mass is 9.72. The maximum atomic E-state index is 14.1. The van der Waals surface area contributed by atoms with Gasteiger partial charge in [0.05, 0.1) is 53.1 Å². The first-order valence-corrected chi connectivity index (χ1v) is 25.7. The highest BCUT2D eigenvalue weighted by Crippen LogP contribution is 2.46. The number of aromatic nitrogens is 2. The van der Waals surface area contributed by atoms with Gasteiger partial charge in [0.1, 0.15) is 29.7 Å². The Labute approximate surface area is 411 Å². The molecule has 3 aromatic carbocycles. The van der Waals surface area contributed by atoms with Crippen molar-refractivity contribution in [3.05, 3.63) is 117 Å². The minimum atomic E-state index is -4.93. The number of benzene rings is 3. The van der Waals surface area contributed by atoms with E-state index >= 15 is 0 Å². The fourth-order valence-corrected chi connectivity index (χ4v) is 10.3. The van der Waals surface area contributed by atoms with Crippen LogP contribution in [0.3, 0.4) is 0 Å². The van der Waals surface area contributed by atoms with Gasteiger partial charge in [-0.1, -0.05) is 37.1 Å². The van der Waals surface area contributed by atoms with Crippen LogP contribution < -0.4 is 19.7 Å². The lowest BCUT2D eigenvalue weighted by Gasteiger charge is -2.39. The van der Waals surface area contributed by atoms with Crippen molar-refractivity contribution in [2.24, 2.45) is 5.41 Å². The smallest absolute Gasteiger partial charge is 0.455 e. The van der Waals surface area contributed by atoms with E-state index in [9.17, 15) is 50.8 Å². The summed E-state index contributed by atoms with van der Waals surface area (Å²) in [5.74, 6) is -0.922. The topological polar surface area (TPSA) is 237 Å². The van der Waals surface area contributed by atoms with Crippen LogP contribution in [0.4, 0.5) is 30.2 Å². The summed E-state index contributed by atoms with van der Waals surface area (Å²) < 4.78 is 105. The van der Waals surface area contributed by atoms with E-state index in [1.165, 1.54) is 35.2 Å². The van der Waals surface area contributed by atoms with Gasteiger partial charge in [-0.15, -0.1) is 0 Å². The summed E-state index contributed by atoms with van der Waals surface area (Å²) in [6.45, 7) is 7.48. The van der Waals surface area contributed by atoms with E-state index < -0.39 is 63.8 Å². The maximum absolute atomic E-state index is 14.1. The van der Waals surface area contributed by atoms with Crippen molar-refractivity contribution in [2.75, 3.05) is 69.3 Å². The van der Waals surface area contributed by atoms with Crippen LogP contribution >= 0.6 is 19.4 Å². The number of nitro groups is 1. The van der Waals surface area contributed by atoms with Crippen molar-refractivity contribution in [2.45, 2.75) is 57.0 Å². The standard InChI is InChI=1S/C46H50ClF3N7O12PS/c1-45(2)11-9-30(38(23-45)36-6-3-31(20-39(36)47)46(48,49)50)25-54-13-15-55(16-14-54)32-4-7-37(42(21-32)69-33-19-29-10-12-51-43(29)56(26-33)28-68-70(61,62)63)44(58)53-71(64,65)35-5-8-40(41(22-35)57(59)60)52-24-34-27-66-17-18-67-34/h3-8,10,12,19-22,26,34,52H,9,11,13-18,23-25,27-28H2,1-2H3,(H,53,58)(H2,61,62,63). The van der Waals surface area contributed by atoms with Gasteiger partial charge in [-0.05, 0) is 84.3 Å².